The number of phenols is 1. The van der Waals surface area contributed by atoms with Crippen LogP contribution in [-0.2, 0) is 9.59 Å². The van der Waals surface area contributed by atoms with Gasteiger partial charge in [-0.3, -0.25) is 14.4 Å². The SMILES string of the molecule is CC(=O)C1=C(O)C(C(C)C)[C@@]2(C)[C@H](O)[C@]3(C)C(=C(O)[C@@]2(O)C1=O)C(=O)c1c(O)cc(C)cc1[C@H]3C. The molecular formula is C27H32O8. The fourth-order valence-electron chi connectivity index (χ4n) is 7.12. The van der Waals surface area contributed by atoms with E-state index in [4.69, 9.17) is 0 Å². The zero-order chi connectivity index (χ0) is 26.6. The molecule has 0 amide bonds. The Labute approximate surface area is 203 Å². The van der Waals surface area contributed by atoms with E-state index >= 15 is 0 Å². The molecule has 8 nitrogen and oxygen atoms in total. The van der Waals surface area contributed by atoms with Gasteiger partial charge in [-0.25, -0.2) is 0 Å². The number of fused-ring (bicyclic) bond motifs is 3. The lowest BCUT2D eigenvalue weighted by atomic mass is 9.41. The maximum atomic E-state index is 13.8. The summed E-state index contributed by atoms with van der Waals surface area (Å²) >= 11 is 0. The Kier molecular flexibility index (Phi) is 5.22. The molecule has 0 bridgehead atoms. The maximum absolute atomic E-state index is 13.8. The molecule has 6 atom stereocenters. The fourth-order valence-corrected chi connectivity index (χ4v) is 7.12. The normalized spacial score (nSPS) is 36.8. The standard InChI is InChI=1S/C27H32O8/c1-10(2)18-20(30)16(13(5)28)22(32)27(35)23(33)19-21(31)17-14(8-11(3)9-15(17)29)12(4)25(19,6)24(34)26(18,27)7/h8-10,12,18,24,29-30,33-35H,1-7H3/t12-,18?,24-,25+,26+,27+/m1/s1. The highest BCUT2D eigenvalue weighted by Gasteiger charge is 2.75. The molecule has 0 aliphatic heterocycles. The summed E-state index contributed by atoms with van der Waals surface area (Å²) in [6, 6.07) is 3.13. The number of ketones is 3. The van der Waals surface area contributed by atoms with Gasteiger partial charge in [-0.05, 0) is 42.9 Å². The number of aromatic hydroxyl groups is 1. The highest BCUT2D eigenvalue weighted by molar-refractivity contribution is 6.25. The van der Waals surface area contributed by atoms with E-state index in [0.29, 0.717) is 11.1 Å². The molecule has 0 saturated carbocycles. The summed E-state index contributed by atoms with van der Waals surface area (Å²) in [5.41, 5.74) is -6.24. The van der Waals surface area contributed by atoms with Crippen molar-refractivity contribution in [3.63, 3.8) is 0 Å². The van der Waals surface area contributed by atoms with E-state index in [0.717, 1.165) is 6.92 Å². The number of aliphatic hydroxyl groups is 4. The Balaban J connectivity index is 2.18. The van der Waals surface area contributed by atoms with Crippen LogP contribution in [0, 0.1) is 29.6 Å². The van der Waals surface area contributed by atoms with Gasteiger partial charge >= 0.3 is 0 Å². The van der Waals surface area contributed by atoms with Gasteiger partial charge in [0.15, 0.2) is 17.2 Å². The van der Waals surface area contributed by atoms with Crippen LogP contribution in [0.25, 0.3) is 0 Å². The Morgan fingerprint density at radius 1 is 1.09 bits per heavy atom. The lowest BCUT2D eigenvalue weighted by Gasteiger charge is -2.63. The molecule has 0 saturated heterocycles. The zero-order valence-corrected chi connectivity index (χ0v) is 20.9. The molecule has 35 heavy (non-hydrogen) atoms. The van der Waals surface area contributed by atoms with Gasteiger partial charge in [0.05, 0.1) is 17.2 Å². The van der Waals surface area contributed by atoms with Crippen molar-refractivity contribution < 1.29 is 39.9 Å². The summed E-state index contributed by atoms with van der Waals surface area (Å²) in [4.78, 5) is 39.8. The number of aliphatic hydroxyl groups excluding tert-OH is 3. The highest BCUT2D eigenvalue weighted by Crippen LogP contribution is 2.67. The average molecular weight is 485 g/mol. The Morgan fingerprint density at radius 2 is 1.66 bits per heavy atom. The molecule has 188 valence electrons. The van der Waals surface area contributed by atoms with Crippen molar-refractivity contribution in [3.05, 3.63) is 51.5 Å². The number of rotatable bonds is 2. The number of carbonyl (C=O) groups excluding carboxylic acids is 3. The molecule has 1 aromatic rings. The van der Waals surface area contributed by atoms with Gasteiger partial charge in [0.25, 0.3) is 0 Å². The van der Waals surface area contributed by atoms with E-state index in [1.807, 2.05) is 0 Å². The lowest BCUT2D eigenvalue weighted by Crippen LogP contribution is -2.73. The van der Waals surface area contributed by atoms with Crippen molar-refractivity contribution in [3.8, 4) is 5.75 Å². The number of aryl methyl sites for hydroxylation is 1. The molecule has 0 aromatic heterocycles. The van der Waals surface area contributed by atoms with Crippen molar-refractivity contribution in [2.45, 2.75) is 66.1 Å². The second kappa shape index (κ2) is 7.27. The topological polar surface area (TPSA) is 152 Å². The number of hydrogen-bond donors (Lipinski definition) is 5. The first kappa shape index (κ1) is 25.1. The van der Waals surface area contributed by atoms with E-state index in [9.17, 15) is 39.9 Å². The van der Waals surface area contributed by atoms with E-state index in [2.05, 4.69) is 0 Å². The first-order chi connectivity index (χ1) is 16.0. The van der Waals surface area contributed by atoms with Crippen LogP contribution in [0.1, 0.15) is 68.9 Å². The Morgan fingerprint density at radius 3 is 2.17 bits per heavy atom. The van der Waals surface area contributed by atoms with Gasteiger partial charge in [-0.1, -0.05) is 40.7 Å². The van der Waals surface area contributed by atoms with Crippen LogP contribution < -0.4 is 0 Å². The summed E-state index contributed by atoms with van der Waals surface area (Å²) < 4.78 is 0. The molecule has 0 fully saturated rings. The molecular weight excluding hydrogens is 452 g/mol. The number of hydrogen-bond acceptors (Lipinski definition) is 8. The molecule has 0 radical (unpaired) electrons. The van der Waals surface area contributed by atoms with Crippen LogP contribution in [0.15, 0.2) is 34.8 Å². The molecule has 3 aliphatic carbocycles. The quantitative estimate of drug-likeness (QED) is 0.401. The summed E-state index contributed by atoms with van der Waals surface area (Å²) in [6.45, 7) is 10.9. The van der Waals surface area contributed by atoms with Crippen molar-refractivity contribution in [1.29, 1.82) is 0 Å². The maximum Gasteiger partial charge on any atom is 0.209 e. The van der Waals surface area contributed by atoms with Gasteiger partial charge in [-0.15, -0.1) is 0 Å². The van der Waals surface area contributed by atoms with Crippen LogP contribution in [0.5, 0.6) is 5.75 Å². The minimum absolute atomic E-state index is 0.0737. The van der Waals surface area contributed by atoms with E-state index in [1.54, 1.807) is 40.7 Å². The van der Waals surface area contributed by atoms with E-state index < -0.39 is 74.7 Å². The molecule has 5 N–H and O–H groups in total. The monoisotopic (exact) mass is 484 g/mol. The molecule has 8 heteroatoms. The molecule has 1 aromatic carbocycles. The van der Waals surface area contributed by atoms with Crippen LogP contribution >= 0.6 is 0 Å². The predicted octanol–water partition coefficient (Wildman–Crippen LogP) is 3.19. The minimum Gasteiger partial charge on any atom is -0.511 e. The molecule has 3 aliphatic rings. The van der Waals surface area contributed by atoms with Crippen molar-refractivity contribution in [2.24, 2.45) is 22.7 Å². The zero-order valence-electron chi connectivity index (χ0n) is 20.9. The number of carbonyl (C=O) groups is 3. The average Bonchev–Trinajstić information content (AvgIpc) is 2.73. The number of phenolic OH excluding ortho intramolecular Hbond substituents is 1. The van der Waals surface area contributed by atoms with E-state index in [-0.39, 0.29) is 16.9 Å². The number of benzene rings is 1. The summed E-state index contributed by atoms with van der Waals surface area (Å²) in [7, 11) is 0. The van der Waals surface area contributed by atoms with Gasteiger partial charge in [-0.2, -0.15) is 0 Å². The van der Waals surface area contributed by atoms with Crippen LogP contribution in [-0.4, -0.2) is 54.6 Å². The van der Waals surface area contributed by atoms with Crippen LogP contribution in [0.3, 0.4) is 0 Å². The molecule has 4 rings (SSSR count). The number of Topliss-reactive ketones (excluding diaryl/α,β-unsaturated/α-hetero) is 3. The van der Waals surface area contributed by atoms with Crippen LogP contribution in [0.4, 0.5) is 0 Å². The predicted molar refractivity (Wildman–Crippen MR) is 126 cm³/mol. The third-order valence-electron chi connectivity index (χ3n) is 8.92. The largest absolute Gasteiger partial charge is 0.511 e. The van der Waals surface area contributed by atoms with Crippen LogP contribution in [0.2, 0.25) is 0 Å². The smallest absolute Gasteiger partial charge is 0.209 e. The minimum atomic E-state index is -2.86. The van der Waals surface area contributed by atoms with Crippen molar-refractivity contribution in [1.82, 2.24) is 0 Å². The lowest BCUT2D eigenvalue weighted by molar-refractivity contribution is -0.211. The Hall–Kier alpha value is -2.97. The third-order valence-corrected chi connectivity index (χ3v) is 8.92. The van der Waals surface area contributed by atoms with Crippen molar-refractivity contribution in [2.75, 3.05) is 0 Å². The van der Waals surface area contributed by atoms with Gasteiger partial charge in [0, 0.05) is 16.7 Å². The number of allylic oxidation sites excluding steroid dienone is 1. The summed E-state index contributed by atoms with van der Waals surface area (Å²) in [5, 5.41) is 57.4. The second-order valence-electron chi connectivity index (χ2n) is 11.1. The second-order valence-corrected chi connectivity index (χ2v) is 11.1. The van der Waals surface area contributed by atoms with E-state index in [1.165, 1.54) is 13.0 Å². The summed E-state index contributed by atoms with van der Waals surface area (Å²) in [5.74, 6) is -6.94. The van der Waals surface area contributed by atoms with Gasteiger partial charge < -0.3 is 25.5 Å². The third kappa shape index (κ3) is 2.61. The highest BCUT2D eigenvalue weighted by atomic mass is 16.4. The molecule has 0 heterocycles. The van der Waals surface area contributed by atoms with Crippen molar-refractivity contribution >= 4 is 17.3 Å². The van der Waals surface area contributed by atoms with Gasteiger partial charge in [0.1, 0.15) is 22.8 Å². The first-order valence-corrected chi connectivity index (χ1v) is 11.7. The molecule has 1 unspecified atom stereocenters. The summed E-state index contributed by atoms with van der Waals surface area (Å²) in [6.07, 6.45) is -1.62. The molecule has 0 spiro atoms. The first-order valence-electron chi connectivity index (χ1n) is 11.7. The fraction of sp³-hybridized carbons (Fsp3) is 0.519. The van der Waals surface area contributed by atoms with Gasteiger partial charge in [0.2, 0.25) is 5.78 Å². The Bertz CT molecular complexity index is 1270.